The standard InChI is InChI=1S/C21H25F6N7O3/c1-12(31-15-9-30-32-18(36)17(15)21(25,26)27)11-37-6-3-16(35)34-5-4-33(10-13(34)2)19-28-7-14(8-29-19)20(22,23)24/h7-9,12-13H,3-6,10-11H2,1-2H3,(H2,31,32,36)/t12-,13+/m0/s1. The molecule has 1 saturated heterocycles. The number of carbonyl (C=O) groups excluding carboxylic acids is 1. The van der Waals surface area contributed by atoms with Crippen molar-refractivity contribution in [2.45, 2.75) is 44.7 Å². The third-order valence-electron chi connectivity index (χ3n) is 5.57. The lowest BCUT2D eigenvalue weighted by Gasteiger charge is -2.40. The minimum absolute atomic E-state index is 0.0134. The number of H-pyrrole nitrogens is 1. The Hall–Kier alpha value is -3.43. The summed E-state index contributed by atoms with van der Waals surface area (Å²) in [5.41, 5.74) is -4.18. The first-order valence-corrected chi connectivity index (χ1v) is 11.2. The van der Waals surface area contributed by atoms with E-state index in [4.69, 9.17) is 4.74 Å². The number of carbonyl (C=O) groups is 1. The second-order valence-electron chi connectivity index (χ2n) is 8.51. The number of rotatable bonds is 8. The van der Waals surface area contributed by atoms with Gasteiger partial charge in [0.05, 0.1) is 37.1 Å². The summed E-state index contributed by atoms with van der Waals surface area (Å²) in [6.07, 6.45) is -7.08. The van der Waals surface area contributed by atoms with E-state index in [0.29, 0.717) is 32.0 Å². The maximum atomic E-state index is 13.1. The highest BCUT2D eigenvalue weighted by molar-refractivity contribution is 5.77. The molecular weight excluding hydrogens is 512 g/mol. The van der Waals surface area contributed by atoms with E-state index in [1.54, 1.807) is 28.7 Å². The molecule has 0 radical (unpaired) electrons. The summed E-state index contributed by atoms with van der Waals surface area (Å²) in [7, 11) is 0. The van der Waals surface area contributed by atoms with Crippen LogP contribution < -0.4 is 15.8 Å². The number of amides is 1. The van der Waals surface area contributed by atoms with Gasteiger partial charge in [-0.2, -0.15) is 31.4 Å². The van der Waals surface area contributed by atoms with Crippen molar-refractivity contribution >= 4 is 17.5 Å². The Balaban J connectivity index is 1.44. The zero-order chi connectivity index (χ0) is 27.4. The predicted molar refractivity (Wildman–Crippen MR) is 119 cm³/mol. The molecule has 1 aliphatic heterocycles. The van der Waals surface area contributed by atoms with Gasteiger partial charge in [0.15, 0.2) is 0 Å². The summed E-state index contributed by atoms with van der Waals surface area (Å²) in [4.78, 5) is 35.0. The molecule has 2 N–H and O–H groups in total. The third-order valence-corrected chi connectivity index (χ3v) is 5.57. The highest BCUT2D eigenvalue weighted by Gasteiger charge is 2.37. The molecule has 1 aliphatic rings. The molecule has 2 aromatic rings. The Bertz CT molecular complexity index is 1120. The molecule has 0 saturated carbocycles. The van der Waals surface area contributed by atoms with Crippen LogP contribution in [0.1, 0.15) is 31.4 Å². The number of ether oxygens (including phenoxy) is 1. The van der Waals surface area contributed by atoms with Crippen molar-refractivity contribution < 1.29 is 35.9 Å². The van der Waals surface area contributed by atoms with Crippen LogP contribution in [0.3, 0.4) is 0 Å². The summed E-state index contributed by atoms with van der Waals surface area (Å²) < 4.78 is 82.9. The molecule has 0 unspecified atom stereocenters. The van der Waals surface area contributed by atoms with E-state index in [-0.39, 0.29) is 37.5 Å². The summed E-state index contributed by atoms with van der Waals surface area (Å²) in [5.74, 6) is -0.0692. The summed E-state index contributed by atoms with van der Waals surface area (Å²) in [6, 6.07) is -0.886. The van der Waals surface area contributed by atoms with Crippen LogP contribution in [0.2, 0.25) is 0 Å². The Morgan fingerprint density at radius 2 is 1.84 bits per heavy atom. The average molecular weight is 537 g/mol. The Morgan fingerprint density at radius 3 is 2.43 bits per heavy atom. The third kappa shape index (κ3) is 7.30. The van der Waals surface area contributed by atoms with Crippen molar-refractivity contribution in [3.63, 3.8) is 0 Å². The van der Waals surface area contributed by atoms with Crippen LogP contribution in [0.4, 0.5) is 38.0 Å². The summed E-state index contributed by atoms with van der Waals surface area (Å²) in [6.45, 7) is 4.27. The molecular formula is C21H25F6N7O3. The smallest absolute Gasteiger partial charge is 0.379 e. The van der Waals surface area contributed by atoms with Crippen LogP contribution in [0.15, 0.2) is 23.4 Å². The van der Waals surface area contributed by atoms with Gasteiger partial charge in [-0.3, -0.25) is 9.59 Å². The molecule has 16 heteroatoms. The van der Waals surface area contributed by atoms with Crippen LogP contribution in [-0.2, 0) is 21.9 Å². The van der Waals surface area contributed by atoms with E-state index in [1.807, 2.05) is 0 Å². The first-order valence-electron chi connectivity index (χ1n) is 11.2. The summed E-state index contributed by atoms with van der Waals surface area (Å²) in [5, 5.41) is 7.68. The molecule has 0 spiro atoms. The quantitative estimate of drug-likeness (QED) is 0.390. The minimum atomic E-state index is -4.87. The van der Waals surface area contributed by atoms with Gasteiger partial charge in [-0.05, 0) is 13.8 Å². The van der Waals surface area contributed by atoms with Gasteiger partial charge in [-0.15, -0.1) is 0 Å². The van der Waals surface area contributed by atoms with E-state index in [9.17, 15) is 35.9 Å². The van der Waals surface area contributed by atoms with Gasteiger partial charge in [0.25, 0.3) is 5.56 Å². The van der Waals surface area contributed by atoms with Crippen molar-refractivity contribution in [1.29, 1.82) is 0 Å². The Labute approximate surface area is 207 Å². The number of hydrogen-bond donors (Lipinski definition) is 2. The zero-order valence-electron chi connectivity index (χ0n) is 19.9. The van der Waals surface area contributed by atoms with Crippen molar-refractivity contribution in [3.05, 3.63) is 40.1 Å². The number of halogens is 6. The van der Waals surface area contributed by atoms with Gasteiger partial charge in [0.2, 0.25) is 11.9 Å². The van der Waals surface area contributed by atoms with Gasteiger partial charge in [-0.1, -0.05) is 0 Å². The van der Waals surface area contributed by atoms with Gasteiger partial charge in [-0.25, -0.2) is 15.1 Å². The van der Waals surface area contributed by atoms with Gasteiger partial charge >= 0.3 is 12.4 Å². The lowest BCUT2D eigenvalue weighted by molar-refractivity contribution is -0.139. The minimum Gasteiger partial charge on any atom is -0.379 e. The fourth-order valence-electron chi connectivity index (χ4n) is 3.80. The molecule has 2 aromatic heterocycles. The SMILES string of the molecule is C[C@@H]1CN(c2ncc(C(F)(F)F)cn2)CCN1C(=O)CCOC[C@H](C)Nc1cn[nH]c(=O)c1C(F)(F)F. The predicted octanol–water partition coefficient (Wildman–Crippen LogP) is 2.54. The number of aromatic amines is 1. The number of alkyl halides is 6. The lowest BCUT2D eigenvalue weighted by Crippen LogP contribution is -2.54. The number of piperazine rings is 1. The molecule has 1 fully saturated rings. The Kier molecular flexibility index (Phi) is 8.60. The van der Waals surface area contributed by atoms with E-state index in [0.717, 1.165) is 6.20 Å². The van der Waals surface area contributed by atoms with E-state index in [2.05, 4.69) is 20.4 Å². The highest BCUT2D eigenvalue weighted by Crippen LogP contribution is 2.31. The second kappa shape index (κ2) is 11.3. The topological polar surface area (TPSA) is 116 Å². The fourth-order valence-corrected chi connectivity index (χ4v) is 3.80. The van der Waals surface area contributed by atoms with Crippen LogP contribution in [-0.4, -0.2) is 75.9 Å². The fraction of sp³-hybridized carbons (Fsp3) is 0.571. The normalized spacial score (nSPS) is 17.6. The maximum Gasteiger partial charge on any atom is 0.423 e. The van der Waals surface area contributed by atoms with Crippen molar-refractivity contribution in [2.24, 2.45) is 0 Å². The number of anilines is 2. The van der Waals surface area contributed by atoms with E-state index >= 15 is 0 Å². The Morgan fingerprint density at radius 1 is 1.16 bits per heavy atom. The molecule has 3 heterocycles. The van der Waals surface area contributed by atoms with Crippen LogP contribution >= 0.6 is 0 Å². The number of hydrogen-bond acceptors (Lipinski definition) is 8. The van der Waals surface area contributed by atoms with E-state index in [1.165, 1.54) is 0 Å². The molecule has 3 rings (SSSR count). The molecule has 0 bridgehead atoms. The van der Waals surface area contributed by atoms with Gasteiger partial charge in [0, 0.05) is 44.1 Å². The largest absolute Gasteiger partial charge is 0.423 e. The summed E-state index contributed by atoms with van der Waals surface area (Å²) >= 11 is 0. The number of aromatic nitrogens is 4. The van der Waals surface area contributed by atoms with Gasteiger partial charge < -0.3 is 19.9 Å². The number of nitrogens with one attached hydrogen (secondary N) is 2. The molecule has 37 heavy (non-hydrogen) atoms. The number of nitrogens with zero attached hydrogens (tertiary/aromatic N) is 5. The van der Waals surface area contributed by atoms with Crippen molar-refractivity contribution in [2.75, 3.05) is 43.1 Å². The molecule has 1 amide bonds. The average Bonchev–Trinajstić information content (AvgIpc) is 2.80. The molecule has 0 aromatic carbocycles. The van der Waals surface area contributed by atoms with Crippen LogP contribution in [0, 0.1) is 0 Å². The highest BCUT2D eigenvalue weighted by atomic mass is 19.4. The molecule has 0 aliphatic carbocycles. The van der Waals surface area contributed by atoms with Gasteiger partial charge in [0.1, 0.15) is 5.56 Å². The van der Waals surface area contributed by atoms with Crippen LogP contribution in [0.5, 0.6) is 0 Å². The first kappa shape index (κ1) is 28.1. The van der Waals surface area contributed by atoms with E-state index < -0.39 is 40.8 Å². The maximum absolute atomic E-state index is 13.1. The second-order valence-corrected chi connectivity index (χ2v) is 8.51. The van der Waals surface area contributed by atoms with Crippen LogP contribution in [0.25, 0.3) is 0 Å². The van der Waals surface area contributed by atoms with Crippen molar-refractivity contribution in [3.8, 4) is 0 Å². The molecule has 204 valence electrons. The molecule has 10 nitrogen and oxygen atoms in total. The monoisotopic (exact) mass is 537 g/mol. The zero-order valence-corrected chi connectivity index (χ0v) is 19.9. The van der Waals surface area contributed by atoms with Crippen molar-refractivity contribution in [1.82, 2.24) is 25.1 Å². The molecule has 2 atom stereocenters. The first-order chi connectivity index (χ1) is 17.3. The lowest BCUT2D eigenvalue weighted by atomic mass is 10.2.